The molecule has 3 fully saturated rings. The molecule has 2 bridgehead atoms. The van der Waals surface area contributed by atoms with Gasteiger partial charge in [0.1, 0.15) is 0 Å². The number of rotatable bonds is 4. The summed E-state index contributed by atoms with van der Waals surface area (Å²) in [5, 5.41) is 3.30. The highest BCUT2D eigenvalue weighted by molar-refractivity contribution is 7.99. The molecule has 1 N–H and O–H groups in total. The van der Waals surface area contributed by atoms with Crippen LogP contribution in [0.25, 0.3) is 0 Å². The van der Waals surface area contributed by atoms with Crippen molar-refractivity contribution in [1.29, 1.82) is 0 Å². The minimum atomic E-state index is 0.0457. The predicted octanol–water partition coefficient (Wildman–Crippen LogP) is 3.75. The maximum absolute atomic E-state index is 12.7. The zero-order valence-electron chi connectivity index (χ0n) is 15.3. The zero-order chi connectivity index (χ0) is 18.1. The number of hydrogen-bond donors (Lipinski definition) is 1. The van der Waals surface area contributed by atoms with E-state index in [-0.39, 0.29) is 11.9 Å². The molecule has 0 saturated carbocycles. The van der Waals surface area contributed by atoms with Gasteiger partial charge in [-0.05, 0) is 81.6 Å². The number of fused-ring (bicyclic) bond motifs is 3. The molecule has 0 radical (unpaired) electrons. The molecule has 136 valence electrons. The fraction of sp³-hybridized carbons (Fsp3) is 0.429. The van der Waals surface area contributed by atoms with Gasteiger partial charge in [-0.15, -0.1) is 0 Å². The third-order valence-electron chi connectivity index (χ3n) is 5.68. The number of aryl methyl sites for hydroxylation is 1. The van der Waals surface area contributed by atoms with E-state index in [2.05, 4.69) is 28.2 Å². The smallest absolute Gasteiger partial charge is 0.251 e. The standard InChI is InChI=1S/C21H25N3OS/c1-14-11-19(13-22-12-14)26-18-5-3-17(4-6-18)21(25)23-20-15(2)24-9-7-16(20)8-10-24/h3-6,11-13,15-16,20H,7-10H2,1-2H3,(H,23,25)/t15-,20-/m0/s1. The molecule has 0 unspecified atom stereocenters. The largest absolute Gasteiger partial charge is 0.347 e. The molecule has 4 nitrogen and oxygen atoms in total. The number of nitrogens with one attached hydrogen (secondary N) is 1. The van der Waals surface area contributed by atoms with Gasteiger partial charge in [-0.25, -0.2) is 0 Å². The summed E-state index contributed by atoms with van der Waals surface area (Å²) in [6, 6.07) is 10.7. The van der Waals surface area contributed by atoms with Crippen LogP contribution in [0.2, 0.25) is 0 Å². The number of hydrogen-bond acceptors (Lipinski definition) is 4. The molecule has 1 aromatic carbocycles. The Morgan fingerprint density at radius 3 is 2.54 bits per heavy atom. The second kappa shape index (κ2) is 7.41. The predicted molar refractivity (Wildman–Crippen MR) is 105 cm³/mol. The van der Waals surface area contributed by atoms with Crippen LogP contribution in [0.1, 0.15) is 35.7 Å². The summed E-state index contributed by atoms with van der Waals surface area (Å²) in [6.45, 7) is 6.64. The third kappa shape index (κ3) is 3.64. The Morgan fingerprint density at radius 1 is 1.15 bits per heavy atom. The Bertz CT molecular complexity index is 782. The van der Waals surface area contributed by atoms with Crippen molar-refractivity contribution in [2.45, 2.75) is 48.6 Å². The van der Waals surface area contributed by atoms with E-state index < -0.39 is 0 Å². The molecule has 2 aromatic rings. The monoisotopic (exact) mass is 367 g/mol. The first-order valence-electron chi connectivity index (χ1n) is 9.34. The van der Waals surface area contributed by atoms with Crippen LogP contribution in [-0.2, 0) is 0 Å². The minimum absolute atomic E-state index is 0.0457. The van der Waals surface area contributed by atoms with Crippen LogP contribution in [0.15, 0.2) is 52.5 Å². The quantitative estimate of drug-likeness (QED) is 0.894. The van der Waals surface area contributed by atoms with Crippen LogP contribution >= 0.6 is 11.8 Å². The molecule has 1 aromatic heterocycles. The Hall–Kier alpha value is -1.85. The first kappa shape index (κ1) is 17.6. The van der Waals surface area contributed by atoms with E-state index in [0.29, 0.717) is 12.0 Å². The molecular weight excluding hydrogens is 342 g/mol. The lowest BCUT2D eigenvalue weighted by Crippen LogP contribution is -2.62. The second-order valence-corrected chi connectivity index (χ2v) is 8.58. The van der Waals surface area contributed by atoms with Gasteiger partial charge in [-0.2, -0.15) is 0 Å². The van der Waals surface area contributed by atoms with Crippen molar-refractivity contribution in [1.82, 2.24) is 15.2 Å². The number of nitrogens with zero attached hydrogens (tertiary/aromatic N) is 2. The Balaban J connectivity index is 1.41. The van der Waals surface area contributed by atoms with Gasteiger partial charge >= 0.3 is 0 Å². The van der Waals surface area contributed by atoms with Crippen molar-refractivity contribution in [2.75, 3.05) is 13.1 Å². The number of pyridine rings is 1. The van der Waals surface area contributed by atoms with E-state index >= 15 is 0 Å². The summed E-state index contributed by atoms with van der Waals surface area (Å²) in [4.78, 5) is 21.7. The van der Waals surface area contributed by atoms with Gasteiger partial charge in [-0.3, -0.25) is 14.7 Å². The second-order valence-electron chi connectivity index (χ2n) is 7.44. The molecule has 3 aliphatic heterocycles. The number of benzene rings is 1. The Kier molecular flexibility index (Phi) is 5.00. The summed E-state index contributed by atoms with van der Waals surface area (Å²) >= 11 is 1.67. The lowest BCUT2D eigenvalue weighted by atomic mass is 9.79. The molecule has 4 heterocycles. The van der Waals surface area contributed by atoms with Crippen LogP contribution < -0.4 is 5.32 Å². The molecule has 0 aliphatic carbocycles. The third-order valence-corrected chi connectivity index (χ3v) is 6.64. The number of carbonyl (C=O) groups is 1. The van der Waals surface area contributed by atoms with E-state index in [0.717, 1.165) is 20.9 Å². The van der Waals surface area contributed by atoms with E-state index in [9.17, 15) is 4.79 Å². The fourth-order valence-electron chi connectivity index (χ4n) is 4.17. The highest BCUT2D eigenvalue weighted by Crippen LogP contribution is 2.32. The van der Waals surface area contributed by atoms with E-state index in [1.54, 1.807) is 11.8 Å². The maximum Gasteiger partial charge on any atom is 0.251 e. The summed E-state index contributed by atoms with van der Waals surface area (Å²) in [5.74, 6) is 0.673. The minimum Gasteiger partial charge on any atom is -0.347 e. The molecule has 2 atom stereocenters. The van der Waals surface area contributed by atoms with E-state index in [1.165, 1.54) is 25.9 Å². The van der Waals surface area contributed by atoms with Crippen molar-refractivity contribution >= 4 is 17.7 Å². The highest BCUT2D eigenvalue weighted by Gasteiger charge is 2.40. The maximum atomic E-state index is 12.7. The average Bonchev–Trinajstić information content (AvgIpc) is 2.65. The van der Waals surface area contributed by atoms with Crippen molar-refractivity contribution in [2.24, 2.45) is 5.92 Å². The van der Waals surface area contributed by atoms with Crippen LogP contribution in [0.4, 0.5) is 0 Å². The zero-order valence-corrected chi connectivity index (χ0v) is 16.1. The molecule has 5 rings (SSSR count). The van der Waals surface area contributed by atoms with Crippen molar-refractivity contribution in [3.8, 4) is 0 Å². The lowest BCUT2D eigenvalue weighted by Gasteiger charge is -2.49. The summed E-state index contributed by atoms with van der Waals surface area (Å²) in [7, 11) is 0. The van der Waals surface area contributed by atoms with Crippen molar-refractivity contribution < 1.29 is 4.79 Å². The van der Waals surface area contributed by atoms with Gasteiger partial charge in [0.05, 0.1) is 0 Å². The summed E-state index contributed by atoms with van der Waals surface area (Å²) in [5.41, 5.74) is 1.89. The topological polar surface area (TPSA) is 45.2 Å². The molecule has 0 spiro atoms. The van der Waals surface area contributed by atoms with Gasteiger partial charge < -0.3 is 5.32 Å². The van der Waals surface area contributed by atoms with Crippen LogP contribution in [0, 0.1) is 12.8 Å². The van der Waals surface area contributed by atoms with E-state index in [4.69, 9.17) is 0 Å². The Morgan fingerprint density at radius 2 is 1.88 bits per heavy atom. The lowest BCUT2D eigenvalue weighted by molar-refractivity contribution is 0.0217. The normalized spacial score (nSPS) is 27.3. The van der Waals surface area contributed by atoms with Gasteiger partial charge in [0.2, 0.25) is 0 Å². The average molecular weight is 368 g/mol. The van der Waals surface area contributed by atoms with Crippen molar-refractivity contribution in [3.63, 3.8) is 0 Å². The highest BCUT2D eigenvalue weighted by atomic mass is 32.2. The number of piperidine rings is 3. The fourth-order valence-corrected chi connectivity index (χ4v) is 5.08. The van der Waals surface area contributed by atoms with Crippen LogP contribution in [-0.4, -0.2) is 41.0 Å². The van der Waals surface area contributed by atoms with Crippen LogP contribution in [0.5, 0.6) is 0 Å². The van der Waals surface area contributed by atoms with E-state index in [1.807, 2.05) is 43.6 Å². The summed E-state index contributed by atoms with van der Waals surface area (Å²) < 4.78 is 0. The van der Waals surface area contributed by atoms with Crippen LogP contribution in [0.3, 0.4) is 0 Å². The first-order valence-corrected chi connectivity index (χ1v) is 10.2. The molecule has 3 aliphatic rings. The first-order chi connectivity index (χ1) is 12.6. The van der Waals surface area contributed by atoms with Crippen molar-refractivity contribution in [3.05, 3.63) is 53.9 Å². The van der Waals surface area contributed by atoms with Gasteiger partial charge in [-0.1, -0.05) is 11.8 Å². The SMILES string of the molecule is Cc1cncc(Sc2ccc(C(=O)N[C@@H]3C4CCN(CC4)[C@H]3C)cc2)c1. The summed E-state index contributed by atoms with van der Waals surface area (Å²) in [6.07, 6.45) is 6.13. The van der Waals surface area contributed by atoms with Gasteiger partial charge in [0, 0.05) is 39.8 Å². The molecule has 5 heteroatoms. The molecule has 1 amide bonds. The number of amides is 1. The van der Waals surface area contributed by atoms with Gasteiger partial charge in [0.15, 0.2) is 0 Å². The number of carbonyl (C=O) groups excluding carboxylic acids is 1. The molecule has 26 heavy (non-hydrogen) atoms. The molecular formula is C21H25N3OS. The number of aromatic nitrogens is 1. The Labute approximate surface area is 159 Å². The van der Waals surface area contributed by atoms with Gasteiger partial charge in [0.25, 0.3) is 5.91 Å². The molecule has 3 saturated heterocycles.